The van der Waals surface area contributed by atoms with E-state index in [0.29, 0.717) is 6.54 Å². The van der Waals surface area contributed by atoms with E-state index in [9.17, 15) is 9.59 Å². The molecule has 5 nitrogen and oxygen atoms in total. The Morgan fingerprint density at radius 3 is 2.40 bits per heavy atom. The molecule has 20 heavy (non-hydrogen) atoms. The number of carboxylic acid groups (broad SMARTS) is 1. The van der Waals surface area contributed by atoms with Gasteiger partial charge in [0.1, 0.15) is 0 Å². The molecule has 2 amide bonds. The molecule has 0 heterocycles. The molecule has 1 rings (SSSR count). The first-order valence-electron chi connectivity index (χ1n) is 6.59. The van der Waals surface area contributed by atoms with Crippen molar-refractivity contribution in [2.45, 2.75) is 32.2 Å². The number of carbonyl (C=O) groups excluding carboxylic acids is 1. The SMILES string of the molecule is CN(CCc1ccccc1)C(=O)NC(C)(C)CC(=O)O. The number of likely N-dealkylation sites (N-methyl/N-ethyl adjacent to an activating group) is 1. The predicted molar refractivity (Wildman–Crippen MR) is 77.6 cm³/mol. The van der Waals surface area contributed by atoms with Crippen molar-refractivity contribution in [1.82, 2.24) is 10.2 Å². The Morgan fingerprint density at radius 2 is 1.85 bits per heavy atom. The fraction of sp³-hybridized carbons (Fsp3) is 0.467. The molecule has 0 radical (unpaired) electrons. The predicted octanol–water partition coefficient (Wildman–Crippen LogP) is 2.12. The zero-order chi connectivity index (χ0) is 15.2. The summed E-state index contributed by atoms with van der Waals surface area (Å²) in [6.07, 6.45) is 0.662. The highest BCUT2D eigenvalue weighted by Gasteiger charge is 2.25. The van der Waals surface area contributed by atoms with Gasteiger partial charge < -0.3 is 15.3 Å². The lowest BCUT2D eigenvalue weighted by atomic mass is 10.0. The monoisotopic (exact) mass is 278 g/mol. The molecule has 1 aromatic rings. The lowest BCUT2D eigenvalue weighted by Gasteiger charge is -2.28. The molecular formula is C15H22N2O3. The Bertz CT molecular complexity index is 457. The van der Waals surface area contributed by atoms with Crippen LogP contribution in [0.4, 0.5) is 4.79 Å². The van der Waals surface area contributed by atoms with Gasteiger partial charge in [-0.1, -0.05) is 30.3 Å². The summed E-state index contributed by atoms with van der Waals surface area (Å²) in [7, 11) is 1.70. The van der Waals surface area contributed by atoms with Gasteiger partial charge in [-0.15, -0.1) is 0 Å². The summed E-state index contributed by atoms with van der Waals surface area (Å²) in [5.41, 5.74) is 0.404. The molecule has 1 aromatic carbocycles. The number of benzene rings is 1. The van der Waals surface area contributed by atoms with Gasteiger partial charge in [-0.05, 0) is 25.8 Å². The Labute approximate surface area is 119 Å². The summed E-state index contributed by atoms with van der Waals surface area (Å²) in [5, 5.41) is 11.5. The number of hydrogen-bond donors (Lipinski definition) is 2. The van der Waals surface area contributed by atoms with Crippen molar-refractivity contribution < 1.29 is 14.7 Å². The van der Waals surface area contributed by atoms with Gasteiger partial charge >= 0.3 is 12.0 Å². The van der Waals surface area contributed by atoms with Crippen molar-refractivity contribution in [3.8, 4) is 0 Å². The van der Waals surface area contributed by atoms with Crippen molar-refractivity contribution in [2.75, 3.05) is 13.6 Å². The third kappa shape index (κ3) is 5.73. The van der Waals surface area contributed by atoms with Gasteiger partial charge in [0.2, 0.25) is 0 Å². The van der Waals surface area contributed by atoms with E-state index in [1.807, 2.05) is 30.3 Å². The number of nitrogens with zero attached hydrogens (tertiary/aromatic N) is 1. The Kier molecular flexibility index (Phi) is 5.55. The maximum absolute atomic E-state index is 12.0. The normalized spacial score (nSPS) is 10.9. The minimum Gasteiger partial charge on any atom is -0.481 e. The molecule has 0 spiro atoms. The van der Waals surface area contributed by atoms with E-state index in [2.05, 4.69) is 5.32 Å². The first-order valence-corrected chi connectivity index (χ1v) is 6.59. The molecule has 0 aromatic heterocycles. The standard InChI is InChI=1S/C15H22N2O3/c1-15(2,11-13(18)19)16-14(20)17(3)10-9-12-7-5-4-6-8-12/h4-8H,9-11H2,1-3H3,(H,16,20)(H,18,19). The average Bonchev–Trinajstić information content (AvgIpc) is 2.34. The molecule has 0 aliphatic heterocycles. The first kappa shape index (κ1) is 16.0. The van der Waals surface area contributed by atoms with Crippen LogP contribution in [-0.4, -0.2) is 41.1 Å². The zero-order valence-electron chi connectivity index (χ0n) is 12.2. The molecule has 110 valence electrons. The van der Waals surface area contributed by atoms with Gasteiger partial charge in [-0.25, -0.2) is 4.79 Å². The Hall–Kier alpha value is -2.04. The van der Waals surface area contributed by atoms with Crippen LogP contribution in [0.2, 0.25) is 0 Å². The quantitative estimate of drug-likeness (QED) is 0.837. The van der Waals surface area contributed by atoms with E-state index in [-0.39, 0.29) is 12.5 Å². The number of hydrogen-bond acceptors (Lipinski definition) is 2. The van der Waals surface area contributed by atoms with Gasteiger partial charge in [0.25, 0.3) is 0 Å². The number of urea groups is 1. The van der Waals surface area contributed by atoms with Crippen molar-refractivity contribution in [3.63, 3.8) is 0 Å². The number of rotatable bonds is 6. The van der Waals surface area contributed by atoms with Gasteiger partial charge in [0, 0.05) is 19.1 Å². The molecule has 0 aliphatic rings. The topological polar surface area (TPSA) is 69.6 Å². The molecule has 0 aliphatic carbocycles. The fourth-order valence-electron chi connectivity index (χ4n) is 1.85. The van der Waals surface area contributed by atoms with Gasteiger partial charge in [-0.3, -0.25) is 4.79 Å². The van der Waals surface area contributed by atoms with Gasteiger partial charge in [0.15, 0.2) is 0 Å². The van der Waals surface area contributed by atoms with E-state index in [1.54, 1.807) is 25.8 Å². The number of amides is 2. The van der Waals surface area contributed by atoms with Crippen molar-refractivity contribution in [2.24, 2.45) is 0 Å². The second-order valence-electron chi connectivity index (χ2n) is 5.54. The van der Waals surface area contributed by atoms with Crippen LogP contribution in [0.1, 0.15) is 25.8 Å². The zero-order valence-corrected chi connectivity index (χ0v) is 12.2. The summed E-state index contributed by atoms with van der Waals surface area (Å²) in [6.45, 7) is 3.98. The van der Waals surface area contributed by atoms with Crippen LogP contribution >= 0.6 is 0 Å². The Morgan fingerprint density at radius 1 is 1.25 bits per heavy atom. The van der Waals surface area contributed by atoms with Gasteiger partial charge in [-0.2, -0.15) is 0 Å². The lowest BCUT2D eigenvalue weighted by molar-refractivity contribution is -0.138. The van der Waals surface area contributed by atoms with Crippen LogP contribution < -0.4 is 5.32 Å². The highest BCUT2D eigenvalue weighted by molar-refractivity contribution is 5.76. The molecule has 0 saturated carbocycles. The molecule has 0 saturated heterocycles. The molecule has 2 N–H and O–H groups in total. The number of carboxylic acids is 1. The molecule has 5 heteroatoms. The van der Waals surface area contributed by atoms with Crippen LogP contribution in [0.15, 0.2) is 30.3 Å². The second kappa shape index (κ2) is 6.93. The summed E-state index contributed by atoms with van der Waals surface area (Å²) in [5.74, 6) is -0.928. The third-order valence-electron chi connectivity index (χ3n) is 2.96. The minimum absolute atomic E-state index is 0.106. The maximum atomic E-state index is 12.0. The van der Waals surface area contributed by atoms with E-state index >= 15 is 0 Å². The highest BCUT2D eigenvalue weighted by Crippen LogP contribution is 2.09. The van der Waals surface area contributed by atoms with Crippen LogP contribution in [0.5, 0.6) is 0 Å². The van der Waals surface area contributed by atoms with Crippen LogP contribution in [0.25, 0.3) is 0 Å². The van der Waals surface area contributed by atoms with Crippen LogP contribution in [-0.2, 0) is 11.2 Å². The maximum Gasteiger partial charge on any atom is 0.317 e. The minimum atomic E-state index is -0.928. The smallest absolute Gasteiger partial charge is 0.317 e. The van der Waals surface area contributed by atoms with Crippen LogP contribution in [0.3, 0.4) is 0 Å². The second-order valence-corrected chi connectivity index (χ2v) is 5.54. The summed E-state index contributed by atoms with van der Waals surface area (Å²) >= 11 is 0. The van der Waals surface area contributed by atoms with Crippen LogP contribution in [0, 0.1) is 0 Å². The average molecular weight is 278 g/mol. The van der Waals surface area contributed by atoms with Gasteiger partial charge in [0.05, 0.1) is 6.42 Å². The fourth-order valence-corrected chi connectivity index (χ4v) is 1.85. The van der Waals surface area contributed by atoms with E-state index in [0.717, 1.165) is 12.0 Å². The van der Waals surface area contributed by atoms with Crippen molar-refractivity contribution in [1.29, 1.82) is 0 Å². The first-order chi connectivity index (χ1) is 9.30. The van der Waals surface area contributed by atoms with E-state index in [4.69, 9.17) is 5.11 Å². The molecule has 0 atom stereocenters. The lowest BCUT2D eigenvalue weighted by Crippen LogP contribution is -2.50. The Balaban J connectivity index is 2.45. The summed E-state index contributed by atoms with van der Waals surface area (Å²) in [6, 6.07) is 9.65. The molecule has 0 unspecified atom stereocenters. The van der Waals surface area contributed by atoms with Crippen molar-refractivity contribution >= 4 is 12.0 Å². The number of carbonyl (C=O) groups is 2. The molecule has 0 bridgehead atoms. The van der Waals surface area contributed by atoms with E-state index in [1.165, 1.54) is 0 Å². The van der Waals surface area contributed by atoms with E-state index < -0.39 is 11.5 Å². The van der Waals surface area contributed by atoms with Crippen molar-refractivity contribution in [3.05, 3.63) is 35.9 Å². The summed E-state index contributed by atoms with van der Waals surface area (Å²) < 4.78 is 0. The third-order valence-corrected chi connectivity index (χ3v) is 2.96. The largest absolute Gasteiger partial charge is 0.481 e. The number of nitrogens with one attached hydrogen (secondary N) is 1. The highest BCUT2D eigenvalue weighted by atomic mass is 16.4. The molecule has 0 fully saturated rings. The number of aliphatic carboxylic acids is 1. The summed E-state index contributed by atoms with van der Waals surface area (Å²) in [4.78, 5) is 24.3. The molecular weight excluding hydrogens is 256 g/mol.